The van der Waals surface area contributed by atoms with Gasteiger partial charge in [0.2, 0.25) is 0 Å². The van der Waals surface area contributed by atoms with Gasteiger partial charge in [-0.1, -0.05) is 0 Å². The Morgan fingerprint density at radius 1 is 1.20 bits per heavy atom. The van der Waals surface area contributed by atoms with Gasteiger partial charge >= 0.3 is 0 Å². The molecule has 0 aliphatic heterocycles. The highest BCUT2D eigenvalue weighted by molar-refractivity contribution is 7.98. The number of benzene rings is 2. The molecule has 5 nitrogen and oxygen atoms in total. The molecule has 9 heteroatoms. The predicted molar refractivity (Wildman–Crippen MR) is 88.3 cm³/mol. The third-order valence-corrected chi connectivity index (χ3v) is 3.86. The third-order valence-electron chi connectivity index (χ3n) is 3.13. The zero-order chi connectivity index (χ0) is 18.4. The number of thioether (sulfide) groups is 1. The zero-order valence-corrected chi connectivity index (χ0v) is 13.9. The van der Waals surface area contributed by atoms with Crippen LogP contribution < -0.4 is 10.8 Å². The molecule has 0 heterocycles. The van der Waals surface area contributed by atoms with E-state index in [1.54, 1.807) is 12.3 Å². The summed E-state index contributed by atoms with van der Waals surface area (Å²) in [5.74, 6) is -4.09. The summed E-state index contributed by atoms with van der Waals surface area (Å²) in [7, 11) is 0. The number of nitrogens with one attached hydrogen (secondary N) is 2. The summed E-state index contributed by atoms with van der Waals surface area (Å²) < 4.78 is 41.8. The number of anilines is 2. The van der Waals surface area contributed by atoms with Crippen LogP contribution in [0.25, 0.3) is 0 Å². The van der Waals surface area contributed by atoms with E-state index in [1.807, 2.05) is 5.48 Å². The number of rotatable bonds is 7. The summed E-state index contributed by atoms with van der Waals surface area (Å²) in [4.78, 5) is 17.3. The van der Waals surface area contributed by atoms with Gasteiger partial charge in [-0.3, -0.25) is 9.63 Å². The van der Waals surface area contributed by atoms with Crippen LogP contribution in [-0.2, 0) is 4.84 Å². The molecule has 2 rings (SSSR count). The van der Waals surface area contributed by atoms with Crippen molar-refractivity contribution in [3.05, 3.63) is 53.3 Å². The molecule has 3 N–H and O–H groups in total. The van der Waals surface area contributed by atoms with Crippen LogP contribution in [0, 0.1) is 17.5 Å². The maximum absolute atomic E-state index is 14.1. The number of hydrogen-bond acceptors (Lipinski definition) is 5. The second-order valence-corrected chi connectivity index (χ2v) is 5.64. The second-order valence-electron chi connectivity index (χ2n) is 4.76. The van der Waals surface area contributed by atoms with Gasteiger partial charge in [0, 0.05) is 4.90 Å². The standard InChI is InChI=1S/C16H15F3N2O3S/c1-25-9-2-5-13(12(18)8-9)20-15-10(3-4-11(17)14(15)19)16(23)21-24-7-6-22/h2-5,8,20,22H,6-7H2,1H3,(H,21,23). The van der Waals surface area contributed by atoms with Crippen molar-refractivity contribution in [2.24, 2.45) is 0 Å². The van der Waals surface area contributed by atoms with Gasteiger partial charge in [-0.2, -0.15) is 0 Å². The summed E-state index contributed by atoms with van der Waals surface area (Å²) in [6.45, 7) is -0.515. The van der Waals surface area contributed by atoms with E-state index in [0.29, 0.717) is 4.90 Å². The molecule has 134 valence electrons. The molecule has 0 bridgehead atoms. The Kier molecular flexibility index (Phi) is 6.68. The Bertz CT molecular complexity index is 775. The first-order valence-electron chi connectivity index (χ1n) is 7.09. The maximum Gasteiger partial charge on any atom is 0.277 e. The van der Waals surface area contributed by atoms with E-state index in [1.165, 1.54) is 23.9 Å². The fourth-order valence-corrected chi connectivity index (χ4v) is 2.36. The number of amides is 1. The molecule has 0 aliphatic carbocycles. The van der Waals surface area contributed by atoms with Crippen LogP contribution in [-0.4, -0.2) is 30.5 Å². The summed E-state index contributed by atoms with van der Waals surface area (Å²) in [6, 6.07) is 5.99. The lowest BCUT2D eigenvalue weighted by Gasteiger charge is -2.14. The molecule has 2 aromatic carbocycles. The van der Waals surface area contributed by atoms with Crippen molar-refractivity contribution in [3.8, 4) is 0 Å². The summed E-state index contributed by atoms with van der Waals surface area (Å²) >= 11 is 1.32. The van der Waals surface area contributed by atoms with Crippen molar-refractivity contribution in [3.63, 3.8) is 0 Å². The average molecular weight is 372 g/mol. The molecule has 0 saturated carbocycles. The lowest BCUT2D eigenvalue weighted by atomic mass is 10.1. The fraction of sp³-hybridized carbons (Fsp3) is 0.188. The maximum atomic E-state index is 14.1. The van der Waals surface area contributed by atoms with Crippen molar-refractivity contribution >= 4 is 29.0 Å². The van der Waals surface area contributed by atoms with Crippen LogP contribution in [0.15, 0.2) is 35.2 Å². The van der Waals surface area contributed by atoms with Crippen molar-refractivity contribution in [2.75, 3.05) is 24.8 Å². The number of aliphatic hydroxyl groups is 1. The Balaban J connectivity index is 2.35. The molecule has 0 fully saturated rings. The van der Waals surface area contributed by atoms with Crippen molar-refractivity contribution < 1.29 is 27.9 Å². The van der Waals surface area contributed by atoms with E-state index >= 15 is 0 Å². The molecule has 0 spiro atoms. The normalized spacial score (nSPS) is 10.6. The minimum atomic E-state index is -1.33. The number of aliphatic hydroxyl groups excluding tert-OH is 1. The molecule has 0 unspecified atom stereocenters. The van der Waals surface area contributed by atoms with Crippen LogP contribution in [0.2, 0.25) is 0 Å². The lowest BCUT2D eigenvalue weighted by molar-refractivity contribution is 0.0168. The smallest absolute Gasteiger partial charge is 0.277 e. The van der Waals surface area contributed by atoms with Gasteiger partial charge in [0.1, 0.15) is 5.82 Å². The summed E-state index contributed by atoms with van der Waals surface area (Å²) in [5.41, 5.74) is 1.05. The minimum absolute atomic E-state index is 0.118. The number of carbonyl (C=O) groups excluding carboxylic acids is 1. The summed E-state index contributed by atoms with van der Waals surface area (Å²) in [5, 5.41) is 11.0. The second kappa shape index (κ2) is 8.75. The predicted octanol–water partition coefficient (Wildman–Crippen LogP) is 3.22. The number of hydrogen-bond donors (Lipinski definition) is 3. The van der Waals surface area contributed by atoms with Crippen molar-refractivity contribution in [2.45, 2.75) is 4.90 Å². The van der Waals surface area contributed by atoms with Gasteiger partial charge in [0.25, 0.3) is 5.91 Å². The van der Waals surface area contributed by atoms with E-state index in [0.717, 1.165) is 12.1 Å². The first-order chi connectivity index (χ1) is 12.0. The highest BCUT2D eigenvalue weighted by Crippen LogP contribution is 2.29. The van der Waals surface area contributed by atoms with Crippen LogP contribution in [0.5, 0.6) is 0 Å². The Morgan fingerprint density at radius 2 is 1.96 bits per heavy atom. The van der Waals surface area contributed by atoms with Crippen LogP contribution >= 0.6 is 11.8 Å². The van der Waals surface area contributed by atoms with E-state index in [2.05, 4.69) is 10.2 Å². The van der Waals surface area contributed by atoms with E-state index < -0.39 is 29.0 Å². The van der Waals surface area contributed by atoms with Gasteiger partial charge in [-0.05, 0) is 36.6 Å². The van der Waals surface area contributed by atoms with E-state index in [4.69, 9.17) is 5.11 Å². The average Bonchev–Trinajstić information content (AvgIpc) is 2.60. The van der Waals surface area contributed by atoms with Gasteiger partial charge in [-0.15, -0.1) is 11.8 Å². The van der Waals surface area contributed by atoms with Crippen LogP contribution in [0.3, 0.4) is 0 Å². The molecular weight excluding hydrogens is 357 g/mol. The van der Waals surface area contributed by atoms with E-state index in [-0.39, 0.29) is 24.5 Å². The Morgan fingerprint density at radius 3 is 2.60 bits per heavy atom. The SMILES string of the molecule is CSc1ccc(Nc2c(C(=O)NOCCO)ccc(F)c2F)c(F)c1. The van der Waals surface area contributed by atoms with Crippen molar-refractivity contribution in [1.82, 2.24) is 5.48 Å². The van der Waals surface area contributed by atoms with Gasteiger partial charge < -0.3 is 10.4 Å². The third kappa shape index (κ3) is 4.65. The quantitative estimate of drug-likeness (QED) is 0.396. The lowest BCUT2D eigenvalue weighted by Crippen LogP contribution is -2.26. The number of hydroxylamine groups is 1. The molecule has 1 amide bonds. The highest BCUT2D eigenvalue weighted by Gasteiger charge is 2.20. The first kappa shape index (κ1) is 19.1. The van der Waals surface area contributed by atoms with Gasteiger partial charge in [-0.25, -0.2) is 18.7 Å². The van der Waals surface area contributed by atoms with Gasteiger partial charge in [0.05, 0.1) is 30.2 Å². The molecule has 0 radical (unpaired) electrons. The Labute approximate surface area is 146 Å². The number of halogens is 3. The largest absolute Gasteiger partial charge is 0.394 e. The van der Waals surface area contributed by atoms with Crippen molar-refractivity contribution in [1.29, 1.82) is 0 Å². The molecular formula is C16H15F3N2O3S. The summed E-state index contributed by atoms with van der Waals surface area (Å²) in [6.07, 6.45) is 1.77. The zero-order valence-electron chi connectivity index (χ0n) is 13.1. The monoisotopic (exact) mass is 372 g/mol. The van der Waals surface area contributed by atoms with Gasteiger partial charge in [0.15, 0.2) is 11.6 Å². The Hall–Kier alpha value is -2.23. The minimum Gasteiger partial charge on any atom is -0.394 e. The van der Waals surface area contributed by atoms with Crippen LogP contribution in [0.4, 0.5) is 24.5 Å². The number of carbonyl (C=O) groups is 1. The van der Waals surface area contributed by atoms with Crippen LogP contribution in [0.1, 0.15) is 10.4 Å². The highest BCUT2D eigenvalue weighted by atomic mass is 32.2. The molecule has 2 aromatic rings. The molecule has 0 aromatic heterocycles. The topological polar surface area (TPSA) is 70.6 Å². The van der Waals surface area contributed by atoms with E-state index in [9.17, 15) is 18.0 Å². The first-order valence-corrected chi connectivity index (χ1v) is 8.32. The molecule has 25 heavy (non-hydrogen) atoms. The molecule has 0 saturated heterocycles. The molecule has 0 aliphatic rings. The molecule has 0 atom stereocenters. The fourth-order valence-electron chi connectivity index (χ4n) is 1.94.